The van der Waals surface area contributed by atoms with Gasteiger partial charge in [-0.3, -0.25) is 9.69 Å². The number of imidazole rings is 1. The largest absolute Gasteiger partial charge is 0.334 e. The first-order valence-electron chi connectivity index (χ1n) is 9.97. The van der Waals surface area contributed by atoms with E-state index in [1.54, 1.807) is 23.8 Å². The number of carbonyl (C=O) groups excluding carboxylic acids is 1. The van der Waals surface area contributed by atoms with Crippen LogP contribution in [0.4, 0.5) is 5.82 Å². The number of aromatic nitrogens is 6. The fourth-order valence-electron chi connectivity index (χ4n) is 4.02. The minimum absolute atomic E-state index is 0.0395. The monoisotopic (exact) mass is 397 g/mol. The topological polar surface area (TPSA) is 81.7 Å². The molecule has 1 amide bonds. The van der Waals surface area contributed by atoms with Gasteiger partial charge in [-0.1, -0.05) is 18.2 Å². The van der Waals surface area contributed by atoms with Crippen LogP contribution < -0.4 is 4.90 Å². The predicted octanol–water partition coefficient (Wildman–Crippen LogP) is 3.24. The summed E-state index contributed by atoms with van der Waals surface area (Å²) in [6, 6.07) is 12.2. The molecule has 0 N–H and O–H groups in total. The third kappa shape index (κ3) is 2.64. The number of anilines is 1. The van der Waals surface area contributed by atoms with Gasteiger partial charge >= 0.3 is 0 Å². The molecule has 30 heavy (non-hydrogen) atoms. The molecule has 4 heterocycles. The Morgan fingerprint density at radius 2 is 2.00 bits per heavy atom. The molecule has 0 radical (unpaired) electrons. The number of hydrogen-bond donors (Lipinski definition) is 0. The Balaban J connectivity index is 1.34. The molecule has 3 aromatic heterocycles. The van der Waals surface area contributed by atoms with E-state index in [9.17, 15) is 4.79 Å². The molecule has 8 heteroatoms. The van der Waals surface area contributed by atoms with E-state index < -0.39 is 0 Å². The number of pyridine rings is 1. The first kappa shape index (κ1) is 17.1. The van der Waals surface area contributed by atoms with Crippen LogP contribution in [-0.2, 0) is 13.6 Å². The van der Waals surface area contributed by atoms with Crippen molar-refractivity contribution in [3.8, 4) is 22.8 Å². The molecule has 1 aromatic carbocycles. The van der Waals surface area contributed by atoms with Crippen LogP contribution in [0.5, 0.6) is 0 Å². The molecular weight excluding hydrogens is 378 g/mol. The average Bonchev–Trinajstić information content (AvgIpc) is 3.18. The van der Waals surface area contributed by atoms with E-state index in [1.165, 1.54) is 0 Å². The quantitative estimate of drug-likeness (QED) is 0.528. The van der Waals surface area contributed by atoms with Gasteiger partial charge in [0.25, 0.3) is 5.91 Å². The maximum atomic E-state index is 13.2. The first-order valence-corrected chi connectivity index (χ1v) is 9.97. The number of nitrogens with zero attached hydrogens (tertiary/aromatic N) is 7. The van der Waals surface area contributed by atoms with E-state index in [0.29, 0.717) is 24.0 Å². The van der Waals surface area contributed by atoms with E-state index in [-0.39, 0.29) is 5.91 Å². The number of hydrogen-bond acceptors (Lipinski definition) is 5. The van der Waals surface area contributed by atoms with Crippen molar-refractivity contribution in [2.75, 3.05) is 4.90 Å². The highest BCUT2D eigenvalue weighted by Gasteiger charge is 2.31. The number of rotatable bonds is 4. The molecular formula is C22H19N7O. The lowest BCUT2D eigenvalue weighted by Crippen LogP contribution is -2.24. The fraction of sp³-hybridized carbons (Fsp3) is 0.227. The van der Waals surface area contributed by atoms with E-state index >= 15 is 0 Å². The number of benzene rings is 1. The molecule has 1 saturated carbocycles. The van der Waals surface area contributed by atoms with Crippen molar-refractivity contribution in [3.05, 3.63) is 66.4 Å². The maximum Gasteiger partial charge on any atom is 0.260 e. The first-order chi connectivity index (χ1) is 14.7. The van der Waals surface area contributed by atoms with Crippen molar-refractivity contribution >= 4 is 11.7 Å². The zero-order valence-corrected chi connectivity index (χ0v) is 16.4. The van der Waals surface area contributed by atoms with Gasteiger partial charge in [0, 0.05) is 24.2 Å². The van der Waals surface area contributed by atoms with Crippen LogP contribution in [0.15, 0.2) is 55.2 Å². The SMILES string of the molecule is Cn1cncc1-c1ccc2c(c1)C(=O)N(c1cccc(-c3nncn3C3CC3)n1)C2. The third-order valence-corrected chi connectivity index (χ3v) is 5.78. The Hall–Kier alpha value is -3.81. The van der Waals surface area contributed by atoms with Crippen LogP contribution in [0.1, 0.15) is 34.8 Å². The second kappa shape index (κ2) is 6.35. The molecule has 0 bridgehead atoms. The van der Waals surface area contributed by atoms with E-state index in [2.05, 4.69) is 19.7 Å². The smallest absolute Gasteiger partial charge is 0.260 e. The van der Waals surface area contributed by atoms with Gasteiger partial charge in [0.2, 0.25) is 0 Å². The van der Waals surface area contributed by atoms with Crippen molar-refractivity contribution in [2.45, 2.75) is 25.4 Å². The van der Waals surface area contributed by atoms with Gasteiger partial charge in [-0.25, -0.2) is 9.97 Å². The third-order valence-electron chi connectivity index (χ3n) is 5.78. The lowest BCUT2D eigenvalue weighted by atomic mass is 10.0. The summed E-state index contributed by atoms with van der Waals surface area (Å²) in [4.78, 5) is 23.9. The maximum absolute atomic E-state index is 13.2. The number of carbonyl (C=O) groups is 1. The number of fused-ring (bicyclic) bond motifs is 1. The molecule has 0 saturated heterocycles. The Morgan fingerprint density at radius 3 is 2.80 bits per heavy atom. The second-order valence-electron chi connectivity index (χ2n) is 7.83. The highest BCUT2D eigenvalue weighted by atomic mass is 16.2. The lowest BCUT2D eigenvalue weighted by Gasteiger charge is -2.15. The van der Waals surface area contributed by atoms with Crippen molar-refractivity contribution in [2.24, 2.45) is 7.05 Å². The fourth-order valence-corrected chi connectivity index (χ4v) is 4.02. The van der Waals surface area contributed by atoms with Crippen LogP contribution in [0, 0.1) is 0 Å². The van der Waals surface area contributed by atoms with Gasteiger partial charge < -0.3 is 9.13 Å². The second-order valence-corrected chi connectivity index (χ2v) is 7.83. The standard InChI is InChI=1S/C22H19N7O/c1-27-12-23-10-19(27)14-5-6-15-11-28(22(30)17(15)9-14)20-4-2-3-18(25-20)21-26-24-13-29(21)16-7-8-16/h2-6,9-10,12-13,16H,7-8,11H2,1H3. The average molecular weight is 397 g/mol. The normalized spacial score (nSPS) is 15.6. The zero-order chi connectivity index (χ0) is 20.2. The lowest BCUT2D eigenvalue weighted by molar-refractivity contribution is 0.0996. The van der Waals surface area contributed by atoms with Crippen LogP contribution in [0.25, 0.3) is 22.8 Å². The summed E-state index contributed by atoms with van der Waals surface area (Å²) in [6.45, 7) is 0.506. The van der Waals surface area contributed by atoms with Crippen molar-refractivity contribution in [1.82, 2.24) is 29.3 Å². The Bertz CT molecular complexity index is 1280. The molecule has 0 atom stereocenters. The summed E-state index contributed by atoms with van der Waals surface area (Å²) in [5.41, 5.74) is 4.39. The number of aryl methyl sites for hydroxylation is 1. The molecule has 148 valence electrons. The summed E-state index contributed by atoms with van der Waals surface area (Å²) in [7, 11) is 1.94. The van der Waals surface area contributed by atoms with Gasteiger partial charge in [-0.05, 0) is 36.6 Å². The minimum atomic E-state index is -0.0395. The summed E-state index contributed by atoms with van der Waals surface area (Å²) in [5.74, 6) is 1.34. The Labute approximate surface area is 172 Å². The molecule has 1 fully saturated rings. The summed E-state index contributed by atoms with van der Waals surface area (Å²) < 4.78 is 4.02. The van der Waals surface area contributed by atoms with E-state index in [4.69, 9.17) is 4.98 Å². The predicted molar refractivity (Wildman–Crippen MR) is 111 cm³/mol. The highest BCUT2D eigenvalue weighted by Crippen LogP contribution is 2.37. The van der Waals surface area contributed by atoms with Crippen LogP contribution in [0.2, 0.25) is 0 Å². The van der Waals surface area contributed by atoms with Gasteiger partial charge in [0.05, 0.1) is 24.8 Å². The van der Waals surface area contributed by atoms with E-state index in [1.807, 2.05) is 48.0 Å². The van der Waals surface area contributed by atoms with Gasteiger partial charge in [0.15, 0.2) is 5.82 Å². The Kier molecular flexibility index (Phi) is 3.61. The summed E-state index contributed by atoms with van der Waals surface area (Å²) in [6.07, 6.45) is 7.61. The molecule has 2 aliphatic rings. The molecule has 0 unspecified atom stereocenters. The minimum Gasteiger partial charge on any atom is -0.334 e. The van der Waals surface area contributed by atoms with Gasteiger partial charge in [-0.15, -0.1) is 10.2 Å². The molecule has 6 rings (SSSR count). The van der Waals surface area contributed by atoms with Crippen molar-refractivity contribution < 1.29 is 4.79 Å². The highest BCUT2D eigenvalue weighted by molar-refractivity contribution is 6.10. The van der Waals surface area contributed by atoms with Crippen LogP contribution in [-0.4, -0.2) is 35.2 Å². The van der Waals surface area contributed by atoms with Crippen LogP contribution in [0.3, 0.4) is 0 Å². The van der Waals surface area contributed by atoms with Gasteiger partial charge in [0.1, 0.15) is 17.8 Å². The van der Waals surface area contributed by atoms with E-state index in [0.717, 1.165) is 41.2 Å². The molecule has 1 aliphatic heterocycles. The Morgan fingerprint density at radius 1 is 1.10 bits per heavy atom. The van der Waals surface area contributed by atoms with Crippen LogP contribution >= 0.6 is 0 Å². The molecule has 8 nitrogen and oxygen atoms in total. The molecule has 1 aliphatic carbocycles. The molecule has 0 spiro atoms. The summed E-state index contributed by atoms with van der Waals surface area (Å²) in [5, 5.41) is 8.32. The summed E-state index contributed by atoms with van der Waals surface area (Å²) >= 11 is 0. The zero-order valence-electron chi connectivity index (χ0n) is 16.4. The number of amides is 1. The van der Waals surface area contributed by atoms with Crippen molar-refractivity contribution in [1.29, 1.82) is 0 Å². The van der Waals surface area contributed by atoms with Gasteiger partial charge in [-0.2, -0.15) is 0 Å². The van der Waals surface area contributed by atoms with Crippen molar-refractivity contribution in [3.63, 3.8) is 0 Å². The molecule has 4 aromatic rings.